The van der Waals surface area contributed by atoms with Crippen LogP contribution in [0.25, 0.3) is 0 Å². The Morgan fingerprint density at radius 2 is 1.83 bits per heavy atom. The van der Waals surface area contributed by atoms with Gasteiger partial charge in [0.2, 0.25) is 0 Å². The number of hydrogen-bond donors (Lipinski definition) is 2. The minimum atomic E-state index is -0.525. The maximum atomic E-state index is 13.0. The molecule has 29 heavy (non-hydrogen) atoms. The Labute approximate surface area is 167 Å². The fraction of sp³-hybridized carbons (Fsp3) is 0.300. The van der Waals surface area contributed by atoms with E-state index in [0.29, 0.717) is 48.8 Å². The fourth-order valence-electron chi connectivity index (χ4n) is 3.18. The number of benzene rings is 2. The summed E-state index contributed by atoms with van der Waals surface area (Å²) >= 11 is 0. The van der Waals surface area contributed by atoms with E-state index in [1.54, 1.807) is 38.2 Å². The van der Waals surface area contributed by atoms with Crippen molar-refractivity contribution in [1.29, 1.82) is 0 Å². The van der Waals surface area contributed by atoms with Crippen molar-refractivity contribution in [3.63, 3.8) is 0 Å². The van der Waals surface area contributed by atoms with Crippen LogP contribution in [0, 0.1) is 17.0 Å². The molecule has 0 saturated carbocycles. The molecule has 1 aliphatic rings. The first-order chi connectivity index (χ1) is 13.9. The fourth-order valence-corrected chi connectivity index (χ4v) is 3.18. The molecule has 1 aliphatic heterocycles. The van der Waals surface area contributed by atoms with Crippen molar-refractivity contribution in [1.82, 2.24) is 5.32 Å². The summed E-state index contributed by atoms with van der Waals surface area (Å²) in [7, 11) is 1.54. The minimum absolute atomic E-state index is 0.154. The molecule has 2 aromatic rings. The summed E-state index contributed by atoms with van der Waals surface area (Å²) in [5, 5.41) is 16.6. The number of aryl methyl sites for hydroxylation is 1. The number of ether oxygens (including phenoxy) is 1. The van der Waals surface area contributed by atoms with Crippen molar-refractivity contribution < 1.29 is 19.2 Å². The summed E-state index contributed by atoms with van der Waals surface area (Å²) in [6, 6.07) is 9.20. The molecule has 2 amide bonds. The highest BCUT2D eigenvalue weighted by molar-refractivity contribution is 6.09. The third-order valence-corrected chi connectivity index (χ3v) is 4.75. The normalized spacial score (nSPS) is 13.7. The van der Waals surface area contributed by atoms with Gasteiger partial charge in [0.1, 0.15) is 0 Å². The van der Waals surface area contributed by atoms with Gasteiger partial charge in [-0.1, -0.05) is 0 Å². The summed E-state index contributed by atoms with van der Waals surface area (Å²) in [5.41, 5.74) is 2.40. The number of hydrogen-bond acceptors (Lipinski definition) is 6. The largest absolute Gasteiger partial charge is 0.378 e. The first-order valence-electron chi connectivity index (χ1n) is 9.16. The van der Waals surface area contributed by atoms with E-state index in [1.807, 2.05) is 4.90 Å². The first kappa shape index (κ1) is 20.3. The molecule has 9 nitrogen and oxygen atoms in total. The molecule has 0 radical (unpaired) electrons. The van der Waals surface area contributed by atoms with Crippen molar-refractivity contribution in [2.24, 2.45) is 0 Å². The van der Waals surface area contributed by atoms with Gasteiger partial charge >= 0.3 is 0 Å². The lowest BCUT2D eigenvalue weighted by Crippen LogP contribution is -2.37. The topological polar surface area (TPSA) is 114 Å². The zero-order valence-corrected chi connectivity index (χ0v) is 16.2. The summed E-state index contributed by atoms with van der Waals surface area (Å²) in [6.45, 7) is 4.02. The number of nitro groups is 1. The molecular formula is C20H22N4O5. The summed E-state index contributed by atoms with van der Waals surface area (Å²) in [4.78, 5) is 37.4. The number of carbonyl (C=O) groups excluding carboxylic acids is 2. The SMILES string of the molecule is CNC(=O)c1ccc(NC(=O)c2cc([N+](=O)[O-])ccc2N2CCOCC2)c(C)c1. The number of rotatable bonds is 5. The number of nitrogens with one attached hydrogen (secondary N) is 2. The maximum absolute atomic E-state index is 13.0. The number of nitro benzene ring substituents is 1. The Balaban J connectivity index is 1.92. The van der Waals surface area contributed by atoms with Gasteiger partial charge < -0.3 is 20.3 Å². The predicted octanol–water partition coefficient (Wildman–Crippen LogP) is 2.35. The molecule has 2 N–H and O–H groups in total. The van der Waals surface area contributed by atoms with Gasteiger partial charge in [0.15, 0.2) is 0 Å². The Morgan fingerprint density at radius 1 is 1.10 bits per heavy atom. The van der Waals surface area contributed by atoms with Gasteiger partial charge in [-0.25, -0.2) is 0 Å². The number of carbonyl (C=O) groups is 2. The highest BCUT2D eigenvalue weighted by Gasteiger charge is 2.22. The number of morpholine rings is 1. The Bertz CT molecular complexity index is 954. The number of non-ortho nitro benzene ring substituents is 1. The standard InChI is InChI=1S/C20H22N4O5/c1-13-11-14(19(25)21-2)3-5-17(13)22-20(26)16-12-15(24(27)28)4-6-18(16)23-7-9-29-10-8-23/h3-6,11-12H,7-10H2,1-2H3,(H,21,25)(H,22,26). The highest BCUT2D eigenvalue weighted by Crippen LogP contribution is 2.28. The lowest BCUT2D eigenvalue weighted by molar-refractivity contribution is -0.384. The van der Waals surface area contributed by atoms with E-state index in [2.05, 4.69) is 10.6 Å². The van der Waals surface area contributed by atoms with Crippen LogP contribution >= 0.6 is 0 Å². The second-order valence-corrected chi connectivity index (χ2v) is 6.62. The van der Waals surface area contributed by atoms with E-state index in [-0.39, 0.29) is 17.2 Å². The van der Waals surface area contributed by atoms with Crippen LogP contribution in [0.2, 0.25) is 0 Å². The van der Waals surface area contributed by atoms with Gasteiger partial charge in [0, 0.05) is 43.5 Å². The van der Waals surface area contributed by atoms with Crippen molar-refractivity contribution >= 4 is 28.9 Å². The van der Waals surface area contributed by atoms with Gasteiger partial charge in [0.05, 0.1) is 29.4 Å². The van der Waals surface area contributed by atoms with Crippen LogP contribution in [0.4, 0.5) is 17.1 Å². The summed E-state index contributed by atoms with van der Waals surface area (Å²) in [6.07, 6.45) is 0. The average Bonchev–Trinajstić information content (AvgIpc) is 2.74. The molecule has 9 heteroatoms. The van der Waals surface area contributed by atoms with Crippen molar-refractivity contribution in [3.05, 3.63) is 63.2 Å². The van der Waals surface area contributed by atoms with E-state index in [0.717, 1.165) is 0 Å². The van der Waals surface area contributed by atoms with Crippen LogP contribution in [0.15, 0.2) is 36.4 Å². The lowest BCUT2D eigenvalue weighted by atomic mass is 10.1. The monoisotopic (exact) mass is 398 g/mol. The van der Waals surface area contributed by atoms with E-state index in [9.17, 15) is 19.7 Å². The lowest BCUT2D eigenvalue weighted by Gasteiger charge is -2.30. The molecule has 0 aliphatic carbocycles. The molecule has 1 saturated heterocycles. The molecule has 0 bridgehead atoms. The van der Waals surface area contributed by atoms with Gasteiger partial charge in [-0.2, -0.15) is 0 Å². The molecular weight excluding hydrogens is 376 g/mol. The Hall–Kier alpha value is -3.46. The first-order valence-corrected chi connectivity index (χ1v) is 9.16. The predicted molar refractivity (Wildman–Crippen MR) is 109 cm³/mol. The van der Waals surface area contributed by atoms with Crippen molar-refractivity contribution in [2.45, 2.75) is 6.92 Å². The third-order valence-electron chi connectivity index (χ3n) is 4.75. The van der Waals surface area contributed by atoms with Crippen LogP contribution in [-0.4, -0.2) is 50.1 Å². The second-order valence-electron chi connectivity index (χ2n) is 6.62. The molecule has 0 spiro atoms. The molecule has 152 valence electrons. The molecule has 2 aromatic carbocycles. The Morgan fingerprint density at radius 3 is 2.45 bits per heavy atom. The molecule has 0 aromatic heterocycles. The van der Waals surface area contributed by atoms with E-state index in [4.69, 9.17) is 4.74 Å². The molecule has 1 heterocycles. The number of nitrogens with zero attached hydrogens (tertiary/aromatic N) is 2. The smallest absolute Gasteiger partial charge is 0.270 e. The average molecular weight is 398 g/mol. The Kier molecular flexibility index (Phi) is 6.08. The molecule has 1 fully saturated rings. The second kappa shape index (κ2) is 8.70. The highest BCUT2D eigenvalue weighted by atomic mass is 16.6. The van der Waals surface area contributed by atoms with Crippen LogP contribution in [0.5, 0.6) is 0 Å². The molecule has 0 atom stereocenters. The minimum Gasteiger partial charge on any atom is -0.378 e. The van der Waals surface area contributed by atoms with Crippen LogP contribution in [-0.2, 0) is 4.74 Å². The zero-order valence-electron chi connectivity index (χ0n) is 16.2. The number of amides is 2. The van der Waals surface area contributed by atoms with Crippen molar-refractivity contribution in [2.75, 3.05) is 43.6 Å². The van der Waals surface area contributed by atoms with Crippen LogP contribution < -0.4 is 15.5 Å². The van der Waals surface area contributed by atoms with Crippen LogP contribution in [0.1, 0.15) is 26.3 Å². The summed E-state index contributed by atoms with van der Waals surface area (Å²) in [5.74, 6) is -0.676. The third kappa shape index (κ3) is 4.52. The van der Waals surface area contributed by atoms with Crippen LogP contribution in [0.3, 0.4) is 0 Å². The maximum Gasteiger partial charge on any atom is 0.270 e. The van der Waals surface area contributed by atoms with Crippen molar-refractivity contribution in [3.8, 4) is 0 Å². The van der Waals surface area contributed by atoms with Gasteiger partial charge in [0.25, 0.3) is 17.5 Å². The number of anilines is 2. The van der Waals surface area contributed by atoms with E-state index >= 15 is 0 Å². The summed E-state index contributed by atoms with van der Waals surface area (Å²) < 4.78 is 5.35. The zero-order chi connectivity index (χ0) is 21.0. The van der Waals surface area contributed by atoms with E-state index in [1.165, 1.54) is 12.1 Å². The van der Waals surface area contributed by atoms with Gasteiger partial charge in [-0.15, -0.1) is 0 Å². The van der Waals surface area contributed by atoms with E-state index < -0.39 is 10.8 Å². The quantitative estimate of drug-likeness (QED) is 0.590. The van der Waals surface area contributed by atoms with Gasteiger partial charge in [-0.3, -0.25) is 19.7 Å². The molecule has 0 unspecified atom stereocenters. The molecule has 3 rings (SSSR count). The van der Waals surface area contributed by atoms with Gasteiger partial charge in [-0.05, 0) is 36.8 Å².